The Kier molecular flexibility index (Phi) is 6.12. The molecule has 1 saturated heterocycles. The van der Waals surface area contributed by atoms with Gasteiger partial charge in [-0.2, -0.15) is 4.31 Å². The summed E-state index contributed by atoms with van der Waals surface area (Å²) < 4.78 is 40.7. The molecule has 1 aliphatic heterocycles. The Morgan fingerprint density at radius 1 is 1.00 bits per heavy atom. The summed E-state index contributed by atoms with van der Waals surface area (Å²) in [5, 5.41) is 2.57. The molecule has 1 aliphatic rings. The van der Waals surface area contributed by atoms with E-state index < -0.39 is 15.8 Å². The summed E-state index contributed by atoms with van der Waals surface area (Å²) in [7, 11) is -3.53. The highest BCUT2D eigenvalue weighted by Gasteiger charge is 2.29. The third-order valence-electron chi connectivity index (χ3n) is 4.76. The Hall–Kier alpha value is -2.29. The number of halogens is 1. The van der Waals surface area contributed by atoms with Gasteiger partial charge < -0.3 is 5.32 Å². The summed E-state index contributed by atoms with van der Waals surface area (Å²) in [5.41, 5.74) is 1.93. The number of nitrogens with one attached hydrogen (secondary N) is 1. The highest BCUT2D eigenvalue weighted by atomic mass is 32.2. The summed E-state index contributed by atoms with van der Waals surface area (Å²) in [6.07, 6.45) is 0. The maximum atomic E-state index is 13.9. The Morgan fingerprint density at radius 3 is 2.21 bits per heavy atom. The van der Waals surface area contributed by atoms with E-state index >= 15 is 0 Å². The van der Waals surface area contributed by atoms with Crippen molar-refractivity contribution in [2.45, 2.75) is 18.7 Å². The fraction of sp³-hybridized carbons (Fsp3) is 0.350. The van der Waals surface area contributed by atoms with Gasteiger partial charge in [-0.05, 0) is 43.7 Å². The van der Waals surface area contributed by atoms with Gasteiger partial charge in [0.2, 0.25) is 15.9 Å². The summed E-state index contributed by atoms with van der Waals surface area (Å²) in [6, 6.07) is 11.4. The molecule has 0 radical (unpaired) electrons. The molecule has 3 rings (SSSR count). The number of benzene rings is 2. The van der Waals surface area contributed by atoms with Gasteiger partial charge in [0.25, 0.3) is 0 Å². The molecule has 0 bridgehead atoms. The van der Waals surface area contributed by atoms with Crippen molar-refractivity contribution in [3.63, 3.8) is 0 Å². The minimum atomic E-state index is -3.53. The van der Waals surface area contributed by atoms with Gasteiger partial charge in [-0.3, -0.25) is 9.69 Å². The number of aryl methyl sites for hydroxylation is 2. The molecule has 1 heterocycles. The number of hydrogen-bond donors (Lipinski definition) is 1. The lowest BCUT2D eigenvalue weighted by atomic mass is 10.2. The number of carbonyl (C=O) groups excluding carboxylic acids is 1. The zero-order valence-corrected chi connectivity index (χ0v) is 16.8. The SMILES string of the molecule is Cc1ccc(S(=O)(=O)N2CCN(CC(=O)Nc3ccc(C)cc3F)CC2)cc1. The predicted octanol–water partition coefficient (Wildman–Crippen LogP) is 2.39. The smallest absolute Gasteiger partial charge is 0.243 e. The number of piperazine rings is 1. The van der Waals surface area contributed by atoms with E-state index in [0.29, 0.717) is 26.2 Å². The Bertz CT molecular complexity index is 953. The van der Waals surface area contributed by atoms with E-state index in [1.807, 2.05) is 11.8 Å². The van der Waals surface area contributed by atoms with Gasteiger partial charge in [-0.15, -0.1) is 0 Å². The number of rotatable bonds is 5. The van der Waals surface area contributed by atoms with Crippen molar-refractivity contribution in [2.75, 3.05) is 38.0 Å². The van der Waals surface area contributed by atoms with E-state index in [1.54, 1.807) is 37.3 Å². The third kappa shape index (κ3) is 4.76. The average Bonchev–Trinajstić information content (AvgIpc) is 2.65. The standard InChI is InChI=1S/C20H24FN3O3S/c1-15-3-6-17(7-4-15)28(26,27)24-11-9-23(10-12-24)14-20(25)22-19-8-5-16(2)13-18(19)21/h3-8,13H,9-12,14H2,1-2H3,(H,22,25). The van der Waals surface area contributed by atoms with Crippen LogP contribution in [0.3, 0.4) is 0 Å². The van der Waals surface area contributed by atoms with Crippen LogP contribution in [-0.4, -0.2) is 56.3 Å². The summed E-state index contributed by atoms with van der Waals surface area (Å²) >= 11 is 0. The van der Waals surface area contributed by atoms with E-state index in [-0.39, 0.29) is 23.0 Å². The average molecular weight is 405 g/mol. The zero-order valence-electron chi connectivity index (χ0n) is 16.0. The summed E-state index contributed by atoms with van der Waals surface area (Å²) in [5.74, 6) is -0.792. The van der Waals surface area contributed by atoms with Crippen LogP contribution in [-0.2, 0) is 14.8 Å². The molecule has 0 saturated carbocycles. The fourth-order valence-corrected chi connectivity index (χ4v) is 4.52. The van der Waals surface area contributed by atoms with Crippen molar-refractivity contribution in [1.29, 1.82) is 0 Å². The van der Waals surface area contributed by atoms with Crippen LogP contribution in [0.5, 0.6) is 0 Å². The predicted molar refractivity (Wildman–Crippen MR) is 106 cm³/mol. The Labute approximate surface area is 165 Å². The third-order valence-corrected chi connectivity index (χ3v) is 6.67. The van der Waals surface area contributed by atoms with Crippen LogP contribution in [0.15, 0.2) is 47.4 Å². The largest absolute Gasteiger partial charge is 0.322 e. The number of hydrogen-bond acceptors (Lipinski definition) is 4. The first-order valence-corrected chi connectivity index (χ1v) is 10.5. The molecule has 0 unspecified atom stereocenters. The Balaban J connectivity index is 1.55. The molecule has 28 heavy (non-hydrogen) atoms. The normalized spacial score (nSPS) is 16.1. The van der Waals surface area contributed by atoms with Gasteiger partial charge in [0, 0.05) is 26.2 Å². The molecule has 0 atom stereocenters. The fourth-order valence-electron chi connectivity index (χ4n) is 3.10. The molecule has 8 heteroatoms. The zero-order chi connectivity index (χ0) is 20.3. The van der Waals surface area contributed by atoms with E-state index in [1.165, 1.54) is 16.4 Å². The summed E-state index contributed by atoms with van der Waals surface area (Å²) in [4.78, 5) is 14.3. The van der Waals surface area contributed by atoms with E-state index in [4.69, 9.17) is 0 Å². The first-order chi connectivity index (χ1) is 13.3. The van der Waals surface area contributed by atoms with Gasteiger partial charge in [-0.25, -0.2) is 12.8 Å². The molecule has 1 amide bonds. The lowest BCUT2D eigenvalue weighted by Crippen LogP contribution is -2.50. The van der Waals surface area contributed by atoms with Crippen LogP contribution in [0.1, 0.15) is 11.1 Å². The molecule has 1 fully saturated rings. The van der Waals surface area contributed by atoms with E-state index in [2.05, 4.69) is 5.32 Å². The molecule has 2 aromatic carbocycles. The van der Waals surface area contributed by atoms with Crippen molar-refractivity contribution in [2.24, 2.45) is 0 Å². The molecule has 0 aromatic heterocycles. The maximum absolute atomic E-state index is 13.9. The quantitative estimate of drug-likeness (QED) is 0.829. The number of amides is 1. The maximum Gasteiger partial charge on any atom is 0.243 e. The lowest BCUT2D eigenvalue weighted by Gasteiger charge is -2.33. The van der Waals surface area contributed by atoms with Crippen LogP contribution in [0.2, 0.25) is 0 Å². The van der Waals surface area contributed by atoms with Crippen molar-refractivity contribution >= 4 is 21.6 Å². The van der Waals surface area contributed by atoms with Crippen molar-refractivity contribution in [1.82, 2.24) is 9.21 Å². The monoisotopic (exact) mass is 405 g/mol. The Morgan fingerprint density at radius 2 is 1.61 bits per heavy atom. The molecular formula is C20H24FN3O3S. The highest BCUT2D eigenvalue weighted by Crippen LogP contribution is 2.19. The summed E-state index contributed by atoms with van der Waals surface area (Å²) in [6.45, 7) is 5.27. The number of sulfonamides is 1. The van der Waals surface area contributed by atoms with Crippen molar-refractivity contribution in [3.8, 4) is 0 Å². The number of nitrogens with zero attached hydrogens (tertiary/aromatic N) is 2. The van der Waals surface area contributed by atoms with Crippen LogP contribution in [0.4, 0.5) is 10.1 Å². The van der Waals surface area contributed by atoms with E-state index in [9.17, 15) is 17.6 Å². The van der Waals surface area contributed by atoms with Crippen LogP contribution >= 0.6 is 0 Å². The number of anilines is 1. The van der Waals surface area contributed by atoms with Gasteiger partial charge in [-0.1, -0.05) is 23.8 Å². The van der Waals surface area contributed by atoms with Crippen LogP contribution < -0.4 is 5.32 Å². The molecule has 1 N–H and O–H groups in total. The van der Waals surface area contributed by atoms with Crippen LogP contribution in [0.25, 0.3) is 0 Å². The highest BCUT2D eigenvalue weighted by molar-refractivity contribution is 7.89. The van der Waals surface area contributed by atoms with Gasteiger partial charge in [0.1, 0.15) is 5.82 Å². The second-order valence-electron chi connectivity index (χ2n) is 7.02. The first kappa shape index (κ1) is 20.4. The van der Waals surface area contributed by atoms with Gasteiger partial charge in [0.05, 0.1) is 17.1 Å². The first-order valence-electron chi connectivity index (χ1n) is 9.11. The minimum Gasteiger partial charge on any atom is -0.322 e. The van der Waals surface area contributed by atoms with Gasteiger partial charge >= 0.3 is 0 Å². The molecule has 2 aromatic rings. The van der Waals surface area contributed by atoms with Crippen molar-refractivity contribution < 1.29 is 17.6 Å². The van der Waals surface area contributed by atoms with Crippen LogP contribution in [0, 0.1) is 19.7 Å². The second kappa shape index (κ2) is 8.38. The number of carbonyl (C=O) groups is 1. The molecule has 0 spiro atoms. The molecule has 150 valence electrons. The van der Waals surface area contributed by atoms with E-state index in [0.717, 1.165) is 11.1 Å². The van der Waals surface area contributed by atoms with Crippen molar-refractivity contribution in [3.05, 3.63) is 59.4 Å². The molecular weight excluding hydrogens is 381 g/mol. The second-order valence-corrected chi connectivity index (χ2v) is 8.96. The minimum absolute atomic E-state index is 0.0890. The topological polar surface area (TPSA) is 69.7 Å². The molecule has 6 nitrogen and oxygen atoms in total. The molecule has 0 aliphatic carbocycles. The lowest BCUT2D eigenvalue weighted by molar-refractivity contribution is -0.117. The van der Waals surface area contributed by atoms with Gasteiger partial charge in [0.15, 0.2) is 0 Å².